The summed E-state index contributed by atoms with van der Waals surface area (Å²) in [7, 11) is -4.92. The number of hydrogen-bond acceptors (Lipinski definition) is 5. The maximum Gasteiger partial charge on any atom is 1.00 e. The molecule has 0 aromatic rings. The second kappa shape index (κ2) is 7.93. The minimum atomic E-state index is -4.92. The largest absolute Gasteiger partial charge is 1.00 e. The molecule has 0 heterocycles. The molecular formula is C22H27NaO5S. The Morgan fingerprint density at radius 2 is 2.07 bits per heavy atom. The zero-order valence-electron chi connectivity index (χ0n) is 17.3. The molecule has 3 saturated carbocycles. The fraction of sp³-hybridized carbons (Fsp3) is 0.682. The average Bonchev–Trinajstić information content (AvgIpc) is 2.94. The van der Waals surface area contributed by atoms with Gasteiger partial charge in [0.05, 0.1) is 0 Å². The molecule has 3 fully saturated rings. The van der Waals surface area contributed by atoms with Gasteiger partial charge in [0, 0.05) is 11.8 Å². The first-order valence-corrected chi connectivity index (χ1v) is 11.5. The number of hydrogen-bond donors (Lipinski definition) is 0. The summed E-state index contributed by atoms with van der Waals surface area (Å²) in [4.78, 5) is 11.9. The first kappa shape index (κ1) is 23.2. The minimum absolute atomic E-state index is 0. The first-order chi connectivity index (χ1) is 13.2. The van der Waals surface area contributed by atoms with Crippen molar-refractivity contribution in [2.24, 2.45) is 29.1 Å². The molecule has 0 amide bonds. The molecule has 0 spiro atoms. The van der Waals surface area contributed by atoms with Crippen LogP contribution in [-0.2, 0) is 19.4 Å². The second-order valence-corrected chi connectivity index (χ2v) is 10.00. The van der Waals surface area contributed by atoms with Crippen LogP contribution < -0.4 is 29.6 Å². The molecule has 6 atom stereocenters. The summed E-state index contributed by atoms with van der Waals surface area (Å²) in [5.41, 5.74) is 0.353. The van der Waals surface area contributed by atoms with Crippen molar-refractivity contribution in [3.05, 3.63) is 23.8 Å². The van der Waals surface area contributed by atoms with Crippen molar-refractivity contribution < 1.29 is 51.5 Å². The van der Waals surface area contributed by atoms with Crippen molar-refractivity contribution in [2.45, 2.75) is 63.9 Å². The van der Waals surface area contributed by atoms with E-state index in [9.17, 15) is 17.8 Å². The number of fused-ring (bicyclic) bond motifs is 5. The normalized spacial score (nSPS) is 41.3. The summed E-state index contributed by atoms with van der Waals surface area (Å²) < 4.78 is 39.7. The van der Waals surface area contributed by atoms with Crippen LogP contribution in [-0.4, -0.2) is 24.4 Å². The quantitative estimate of drug-likeness (QED) is 0.216. The third-order valence-corrected chi connectivity index (χ3v) is 8.63. The van der Waals surface area contributed by atoms with Crippen LogP contribution in [0.5, 0.6) is 0 Å². The Morgan fingerprint density at radius 1 is 1.34 bits per heavy atom. The first-order valence-electron chi connectivity index (χ1n) is 10.2. The Morgan fingerprint density at radius 3 is 2.69 bits per heavy atom. The van der Waals surface area contributed by atoms with Crippen LogP contribution in [0.2, 0.25) is 0 Å². The molecule has 0 unspecified atom stereocenters. The summed E-state index contributed by atoms with van der Waals surface area (Å²) >= 11 is 0. The molecule has 4 rings (SSSR count). The summed E-state index contributed by atoms with van der Waals surface area (Å²) in [6, 6.07) is 0. The molecule has 29 heavy (non-hydrogen) atoms. The SMILES string of the molecule is C#C[C@@]1(OS(=O)(=O)[O-])CC[C@@H]2[C@H]3CCC4=CC(=O)CC[C@H]4[C@@H]3C(=C)C[C@]21CC.[Na+]. The van der Waals surface area contributed by atoms with E-state index in [0.29, 0.717) is 43.4 Å². The molecule has 4 aliphatic rings. The van der Waals surface area contributed by atoms with Gasteiger partial charge in [-0.3, -0.25) is 8.98 Å². The van der Waals surface area contributed by atoms with Crippen molar-refractivity contribution in [3.63, 3.8) is 0 Å². The van der Waals surface area contributed by atoms with Crippen molar-refractivity contribution in [3.8, 4) is 12.3 Å². The summed E-state index contributed by atoms with van der Waals surface area (Å²) in [6.45, 7) is 6.40. The predicted molar refractivity (Wildman–Crippen MR) is 104 cm³/mol. The maximum absolute atomic E-state index is 11.9. The average molecular weight is 427 g/mol. The molecule has 0 aromatic carbocycles. The monoisotopic (exact) mass is 426 g/mol. The van der Waals surface area contributed by atoms with Gasteiger partial charge < -0.3 is 4.55 Å². The standard InChI is InChI=1S/C22H28O5S.Na/c1-4-21-13-14(3)20-17-9-7-16(23)12-15(17)6-8-18(20)19(21)10-11-22(21,5-2)27-28(24,25)26;/h2,12,17-20H,3-4,6-11,13H2,1H3,(H,24,25,26);/q;+1/p-1/t17-,18-,19-,20+,21-,22-;/m1./s1. The molecule has 0 N–H and O–H groups in total. The maximum atomic E-state index is 11.9. The molecule has 0 bridgehead atoms. The smallest absolute Gasteiger partial charge is 0.725 e. The minimum Gasteiger partial charge on any atom is -0.725 e. The van der Waals surface area contributed by atoms with E-state index in [1.807, 2.05) is 13.0 Å². The van der Waals surface area contributed by atoms with Crippen molar-refractivity contribution in [2.75, 3.05) is 0 Å². The fourth-order valence-corrected chi connectivity index (χ4v) is 7.85. The molecule has 0 aromatic heterocycles. The van der Waals surface area contributed by atoms with Gasteiger partial charge in [0.25, 0.3) is 0 Å². The van der Waals surface area contributed by atoms with Crippen LogP contribution in [0, 0.1) is 41.4 Å². The topological polar surface area (TPSA) is 83.5 Å². The number of carbonyl (C=O) groups excluding carboxylic acids is 1. The van der Waals surface area contributed by atoms with Gasteiger partial charge in [-0.1, -0.05) is 30.6 Å². The fourth-order valence-electron chi connectivity index (χ4n) is 7.20. The molecule has 5 nitrogen and oxygen atoms in total. The molecular weight excluding hydrogens is 399 g/mol. The second-order valence-electron chi connectivity index (χ2n) is 9.01. The predicted octanol–water partition coefficient (Wildman–Crippen LogP) is 0.537. The van der Waals surface area contributed by atoms with E-state index in [0.717, 1.165) is 31.3 Å². The van der Waals surface area contributed by atoms with Crippen molar-refractivity contribution in [1.29, 1.82) is 0 Å². The van der Waals surface area contributed by atoms with Gasteiger partial charge in [-0.2, -0.15) is 0 Å². The van der Waals surface area contributed by atoms with Crippen LogP contribution in [0.1, 0.15) is 58.3 Å². The van der Waals surface area contributed by atoms with Crippen LogP contribution >= 0.6 is 0 Å². The Balaban J connectivity index is 0.00000240. The molecule has 0 saturated heterocycles. The zero-order chi connectivity index (χ0) is 20.3. The third-order valence-electron chi connectivity index (χ3n) is 8.15. The third kappa shape index (κ3) is 3.52. The Hall–Kier alpha value is -0.420. The Bertz CT molecular complexity index is 901. The summed E-state index contributed by atoms with van der Waals surface area (Å²) in [6.07, 6.45) is 13.3. The zero-order valence-corrected chi connectivity index (χ0v) is 20.1. The van der Waals surface area contributed by atoms with Crippen LogP contribution in [0.15, 0.2) is 23.8 Å². The van der Waals surface area contributed by atoms with E-state index in [2.05, 4.69) is 12.5 Å². The van der Waals surface area contributed by atoms with E-state index in [-0.39, 0.29) is 41.3 Å². The Kier molecular flexibility index (Phi) is 6.35. The van der Waals surface area contributed by atoms with Gasteiger partial charge in [-0.25, -0.2) is 8.42 Å². The van der Waals surface area contributed by atoms with Crippen molar-refractivity contribution >= 4 is 16.2 Å². The van der Waals surface area contributed by atoms with E-state index in [4.69, 9.17) is 10.6 Å². The molecule has 0 aliphatic heterocycles. The van der Waals surface area contributed by atoms with Gasteiger partial charge in [0.2, 0.25) is 10.4 Å². The summed E-state index contributed by atoms with van der Waals surface area (Å²) in [5, 5.41) is 0. The van der Waals surface area contributed by atoms with Gasteiger partial charge in [-0.05, 0) is 74.7 Å². The van der Waals surface area contributed by atoms with Crippen LogP contribution in [0.25, 0.3) is 0 Å². The summed E-state index contributed by atoms with van der Waals surface area (Å²) in [5.74, 6) is 4.01. The van der Waals surface area contributed by atoms with E-state index < -0.39 is 21.4 Å². The number of rotatable bonds is 3. The van der Waals surface area contributed by atoms with E-state index in [1.165, 1.54) is 5.57 Å². The number of carbonyl (C=O) groups is 1. The van der Waals surface area contributed by atoms with Gasteiger partial charge in [-0.15, -0.1) is 6.42 Å². The van der Waals surface area contributed by atoms with Gasteiger partial charge in [0.1, 0.15) is 0 Å². The Labute approximate surface area is 196 Å². The molecule has 4 aliphatic carbocycles. The number of terminal acetylenes is 1. The molecule has 152 valence electrons. The number of ketones is 1. The van der Waals surface area contributed by atoms with E-state index >= 15 is 0 Å². The molecule has 7 heteroatoms. The van der Waals surface area contributed by atoms with Crippen molar-refractivity contribution in [1.82, 2.24) is 0 Å². The van der Waals surface area contributed by atoms with Gasteiger partial charge >= 0.3 is 29.6 Å². The van der Waals surface area contributed by atoms with Crippen LogP contribution in [0.3, 0.4) is 0 Å². The van der Waals surface area contributed by atoms with Crippen LogP contribution in [0.4, 0.5) is 0 Å². The van der Waals surface area contributed by atoms with Gasteiger partial charge in [0.15, 0.2) is 11.4 Å². The van der Waals surface area contributed by atoms with E-state index in [1.54, 1.807) is 0 Å². The molecule has 0 radical (unpaired) electrons. The number of allylic oxidation sites excluding steroid dienone is 2.